The average molecular weight is 405 g/mol. The van der Waals surface area contributed by atoms with Crippen LogP contribution in [0.25, 0.3) is 33.3 Å². The number of nitrogens with zero attached hydrogens (tertiary/aromatic N) is 5. The number of hydrogen-bond donors (Lipinski definition) is 3. The van der Waals surface area contributed by atoms with Gasteiger partial charge in [-0.05, 0) is 31.0 Å². The molecule has 1 aliphatic rings. The van der Waals surface area contributed by atoms with Gasteiger partial charge >= 0.3 is 0 Å². The number of likely N-dealkylation sites (tertiary alicyclic amines) is 1. The van der Waals surface area contributed by atoms with E-state index in [0.29, 0.717) is 18.9 Å². The van der Waals surface area contributed by atoms with Crippen molar-refractivity contribution in [3.63, 3.8) is 0 Å². The largest absolute Gasteiger partial charge is 0.508 e. The minimum absolute atomic E-state index is 0.112. The first-order valence-electron chi connectivity index (χ1n) is 10.0. The van der Waals surface area contributed by atoms with E-state index in [1.807, 2.05) is 28.8 Å². The first kappa shape index (κ1) is 18.4. The lowest BCUT2D eigenvalue weighted by Crippen LogP contribution is -2.37. The molecule has 9 nitrogen and oxygen atoms in total. The first-order valence-corrected chi connectivity index (χ1v) is 10.0. The quantitative estimate of drug-likeness (QED) is 0.483. The van der Waals surface area contributed by atoms with Crippen LogP contribution in [-0.2, 0) is 4.79 Å². The molecule has 0 saturated carbocycles. The van der Waals surface area contributed by atoms with Crippen LogP contribution in [0.15, 0.2) is 30.6 Å². The van der Waals surface area contributed by atoms with Crippen LogP contribution in [0, 0.1) is 0 Å². The minimum Gasteiger partial charge on any atom is -0.508 e. The Hall–Kier alpha value is -3.62. The third-order valence-electron chi connectivity index (χ3n) is 5.84. The number of aromatic amines is 1. The number of H-pyrrole nitrogens is 1. The maximum absolute atomic E-state index is 11.7. The summed E-state index contributed by atoms with van der Waals surface area (Å²) in [7, 11) is 1.83. The predicted molar refractivity (Wildman–Crippen MR) is 114 cm³/mol. The Balaban J connectivity index is 1.64. The van der Waals surface area contributed by atoms with Crippen LogP contribution < -0.4 is 5.32 Å². The third-order valence-corrected chi connectivity index (χ3v) is 5.84. The van der Waals surface area contributed by atoms with E-state index in [0.717, 1.165) is 46.2 Å². The molecule has 3 N–H and O–H groups in total. The van der Waals surface area contributed by atoms with E-state index >= 15 is 0 Å². The lowest BCUT2D eigenvalue weighted by molar-refractivity contribution is -0.130. The summed E-state index contributed by atoms with van der Waals surface area (Å²) in [4.78, 5) is 25.9. The third kappa shape index (κ3) is 2.94. The molecule has 3 aromatic heterocycles. The van der Waals surface area contributed by atoms with E-state index in [1.165, 1.54) is 0 Å². The first-order chi connectivity index (χ1) is 14.5. The number of piperidine rings is 1. The highest BCUT2D eigenvalue weighted by Crippen LogP contribution is 2.36. The van der Waals surface area contributed by atoms with E-state index < -0.39 is 0 Å². The fourth-order valence-corrected chi connectivity index (χ4v) is 4.27. The van der Waals surface area contributed by atoms with Crippen LogP contribution in [0.2, 0.25) is 0 Å². The van der Waals surface area contributed by atoms with E-state index in [-0.39, 0.29) is 17.7 Å². The number of carbonyl (C=O) groups is 1. The summed E-state index contributed by atoms with van der Waals surface area (Å²) < 4.78 is 1.98. The summed E-state index contributed by atoms with van der Waals surface area (Å²) in [6, 6.07) is 7.42. The monoisotopic (exact) mass is 405 g/mol. The molecule has 1 saturated heterocycles. The number of aromatic hydroxyl groups is 1. The summed E-state index contributed by atoms with van der Waals surface area (Å²) >= 11 is 0. The molecule has 4 aromatic rings. The Morgan fingerprint density at radius 1 is 1.23 bits per heavy atom. The number of aromatic nitrogens is 5. The number of hydrogen-bond acceptors (Lipinski definition) is 6. The van der Waals surface area contributed by atoms with Gasteiger partial charge in [-0.3, -0.25) is 4.79 Å². The number of fused-ring (bicyclic) bond motifs is 2. The molecule has 30 heavy (non-hydrogen) atoms. The molecule has 0 radical (unpaired) electrons. The summed E-state index contributed by atoms with van der Waals surface area (Å²) in [5.74, 6) is 1.03. The number of carbonyl (C=O) groups excluding carboxylic acids is 1. The average Bonchev–Trinajstić information content (AvgIpc) is 3.34. The minimum atomic E-state index is 0.112. The Labute approximate surface area is 172 Å². The summed E-state index contributed by atoms with van der Waals surface area (Å²) in [6.07, 6.45) is 3.20. The summed E-state index contributed by atoms with van der Waals surface area (Å²) in [5, 5.41) is 19.7. The molecule has 1 fully saturated rings. The van der Waals surface area contributed by atoms with E-state index in [9.17, 15) is 9.90 Å². The number of phenols is 1. The van der Waals surface area contributed by atoms with Gasteiger partial charge in [0.25, 0.3) is 0 Å². The van der Waals surface area contributed by atoms with Gasteiger partial charge in [0.15, 0.2) is 5.65 Å². The van der Waals surface area contributed by atoms with Gasteiger partial charge < -0.3 is 20.3 Å². The number of amides is 1. The molecule has 9 heteroatoms. The van der Waals surface area contributed by atoms with E-state index in [1.54, 1.807) is 25.4 Å². The van der Waals surface area contributed by atoms with Crippen molar-refractivity contribution in [3.8, 4) is 17.1 Å². The molecule has 0 spiro atoms. The molecule has 154 valence electrons. The standard InChI is InChI=1S/C21H23N7O2/c1-12(29)27-7-5-14(6-8-27)28-21-18(20(22-2)23-11-24-21)19(26-28)17-9-13-3-4-15(30)10-16(13)25-17/h3-4,9-11,14,25,30H,5-8H2,1-2H3,(H,22,23,24). The van der Waals surface area contributed by atoms with Crippen LogP contribution in [0.3, 0.4) is 0 Å². The molecule has 5 rings (SSSR count). The molecule has 1 amide bonds. The molecular formula is C21H23N7O2. The number of rotatable bonds is 3. The van der Waals surface area contributed by atoms with Crippen LogP contribution in [-0.4, -0.2) is 60.8 Å². The van der Waals surface area contributed by atoms with E-state index in [2.05, 4.69) is 20.3 Å². The van der Waals surface area contributed by atoms with Gasteiger partial charge in [0.2, 0.25) is 5.91 Å². The van der Waals surface area contributed by atoms with Crippen molar-refractivity contribution >= 4 is 33.7 Å². The van der Waals surface area contributed by atoms with Gasteiger partial charge in [-0.25, -0.2) is 14.6 Å². The SMILES string of the molecule is CNc1ncnc2c1c(-c1cc3ccc(O)cc3[nH]1)nn2C1CCN(C(C)=O)CC1. The van der Waals surface area contributed by atoms with Gasteiger partial charge in [-0.2, -0.15) is 5.10 Å². The molecule has 1 aromatic carbocycles. The normalized spacial score (nSPS) is 15.2. The molecule has 0 unspecified atom stereocenters. The molecule has 0 aliphatic carbocycles. The van der Waals surface area contributed by atoms with Crippen molar-refractivity contribution < 1.29 is 9.90 Å². The van der Waals surface area contributed by atoms with Gasteiger partial charge in [0.05, 0.1) is 17.1 Å². The smallest absolute Gasteiger partial charge is 0.219 e. The molecule has 0 atom stereocenters. The maximum atomic E-state index is 11.7. The maximum Gasteiger partial charge on any atom is 0.219 e. The molecular weight excluding hydrogens is 382 g/mol. The number of anilines is 1. The Kier molecular flexibility index (Phi) is 4.30. The highest BCUT2D eigenvalue weighted by molar-refractivity contribution is 6.00. The zero-order valence-corrected chi connectivity index (χ0v) is 16.9. The van der Waals surface area contributed by atoms with Crippen molar-refractivity contribution in [2.75, 3.05) is 25.5 Å². The predicted octanol–water partition coefficient (Wildman–Crippen LogP) is 2.91. The lowest BCUT2D eigenvalue weighted by atomic mass is 10.1. The van der Waals surface area contributed by atoms with E-state index in [4.69, 9.17) is 5.10 Å². The topological polar surface area (TPSA) is 112 Å². The lowest BCUT2D eigenvalue weighted by Gasteiger charge is -2.31. The number of phenolic OH excluding ortho intramolecular Hbond substituents is 1. The Morgan fingerprint density at radius 3 is 2.77 bits per heavy atom. The van der Waals surface area contributed by atoms with Crippen LogP contribution in [0.1, 0.15) is 25.8 Å². The van der Waals surface area contributed by atoms with Crippen molar-refractivity contribution in [2.24, 2.45) is 0 Å². The summed E-state index contributed by atoms with van der Waals surface area (Å²) in [5.41, 5.74) is 3.21. The van der Waals surface area contributed by atoms with Crippen molar-refractivity contribution in [2.45, 2.75) is 25.8 Å². The van der Waals surface area contributed by atoms with Gasteiger partial charge in [-0.1, -0.05) is 0 Å². The Bertz CT molecular complexity index is 1250. The second kappa shape index (κ2) is 7.01. The molecule has 4 heterocycles. The summed E-state index contributed by atoms with van der Waals surface area (Å²) in [6.45, 7) is 3.04. The van der Waals surface area contributed by atoms with Gasteiger partial charge in [0, 0.05) is 44.0 Å². The molecule has 1 aliphatic heterocycles. The van der Waals surface area contributed by atoms with Gasteiger partial charge in [-0.15, -0.1) is 0 Å². The number of nitrogens with one attached hydrogen (secondary N) is 2. The van der Waals surface area contributed by atoms with Crippen molar-refractivity contribution in [1.29, 1.82) is 0 Å². The number of benzene rings is 1. The van der Waals surface area contributed by atoms with Crippen LogP contribution in [0.4, 0.5) is 5.82 Å². The Morgan fingerprint density at radius 2 is 2.03 bits per heavy atom. The van der Waals surface area contributed by atoms with Crippen molar-refractivity contribution in [3.05, 3.63) is 30.6 Å². The highest BCUT2D eigenvalue weighted by Gasteiger charge is 2.27. The van der Waals surface area contributed by atoms with Crippen LogP contribution >= 0.6 is 0 Å². The fourth-order valence-electron chi connectivity index (χ4n) is 4.27. The zero-order chi connectivity index (χ0) is 20.8. The van der Waals surface area contributed by atoms with Crippen LogP contribution in [0.5, 0.6) is 5.75 Å². The van der Waals surface area contributed by atoms with Crippen molar-refractivity contribution in [1.82, 2.24) is 29.6 Å². The van der Waals surface area contributed by atoms with Gasteiger partial charge in [0.1, 0.15) is 23.6 Å². The second-order valence-corrected chi connectivity index (χ2v) is 7.66. The fraction of sp³-hybridized carbons (Fsp3) is 0.333. The highest BCUT2D eigenvalue weighted by atomic mass is 16.3. The molecule has 0 bridgehead atoms. The zero-order valence-electron chi connectivity index (χ0n) is 16.9. The second-order valence-electron chi connectivity index (χ2n) is 7.66.